The molecule has 1 aliphatic rings. The summed E-state index contributed by atoms with van der Waals surface area (Å²) < 4.78 is 18.7. The molecule has 146 valence electrons. The topological polar surface area (TPSA) is 67.0 Å². The van der Waals surface area contributed by atoms with Crippen molar-refractivity contribution in [3.8, 4) is 11.3 Å². The molecule has 1 unspecified atom stereocenters. The standard InChI is InChI=1S/C21H15ClFN3O2S/c22-17-4-2-1-3-16(17)18-10-9-15(28-18)12-24-26-21-25-20(27)19(29-21)11-13-5-7-14(23)8-6-13/h1-10,12,19H,11H2,(H,25,26,27)/b24-12+. The van der Waals surface area contributed by atoms with Gasteiger partial charge in [0, 0.05) is 5.56 Å². The van der Waals surface area contributed by atoms with Gasteiger partial charge < -0.3 is 9.73 Å². The number of halogens is 2. The Balaban J connectivity index is 1.39. The zero-order chi connectivity index (χ0) is 20.2. The molecule has 4 rings (SSSR count). The lowest BCUT2D eigenvalue weighted by molar-refractivity contribution is -0.118. The molecule has 1 N–H and O–H groups in total. The molecule has 0 aliphatic carbocycles. The predicted molar refractivity (Wildman–Crippen MR) is 114 cm³/mol. The first-order valence-electron chi connectivity index (χ1n) is 8.76. The zero-order valence-corrected chi connectivity index (χ0v) is 16.6. The fourth-order valence-corrected chi connectivity index (χ4v) is 3.98. The van der Waals surface area contributed by atoms with E-state index in [1.165, 1.54) is 30.1 Å². The smallest absolute Gasteiger partial charge is 0.239 e. The van der Waals surface area contributed by atoms with E-state index in [4.69, 9.17) is 16.0 Å². The third kappa shape index (κ3) is 4.75. The van der Waals surface area contributed by atoms with Gasteiger partial charge in [0.15, 0.2) is 5.17 Å². The van der Waals surface area contributed by atoms with Gasteiger partial charge in [0.25, 0.3) is 0 Å². The second-order valence-corrected chi connectivity index (χ2v) is 7.86. The Hall–Kier alpha value is -2.90. The lowest BCUT2D eigenvalue weighted by Crippen LogP contribution is -2.25. The van der Waals surface area contributed by atoms with Crippen LogP contribution in [-0.2, 0) is 11.2 Å². The molecule has 8 heteroatoms. The molecule has 0 saturated carbocycles. The van der Waals surface area contributed by atoms with Crippen LogP contribution < -0.4 is 5.32 Å². The number of amidine groups is 1. The van der Waals surface area contributed by atoms with Crippen LogP contribution >= 0.6 is 23.4 Å². The van der Waals surface area contributed by atoms with E-state index >= 15 is 0 Å². The minimum Gasteiger partial charge on any atom is -0.455 e. The summed E-state index contributed by atoms with van der Waals surface area (Å²) in [5, 5.41) is 11.4. The van der Waals surface area contributed by atoms with Gasteiger partial charge in [-0.1, -0.05) is 47.6 Å². The molecule has 1 saturated heterocycles. The van der Waals surface area contributed by atoms with Crippen LogP contribution in [-0.4, -0.2) is 22.5 Å². The molecular formula is C21H15ClFN3O2S. The molecule has 2 aromatic carbocycles. The van der Waals surface area contributed by atoms with Crippen molar-refractivity contribution in [1.82, 2.24) is 5.32 Å². The Kier molecular flexibility index (Phi) is 5.78. The number of rotatable bonds is 5. The van der Waals surface area contributed by atoms with Crippen molar-refractivity contribution in [2.24, 2.45) is 10.2 Å². The maximum absolute atomic E-state index is 13.0. The molecule has 3 aromatic rings. The summed E-state index contributed by atoms with van der Waals surface area (Å²) in [7, 11) is 0. The first-order valence-corrected chi connectivity index (χ1v) is 10.0. The van der Waals surface area contributed by atoms with Gasteiger partial charge in [-0.3, -0.25) is 4.79 Å². The number of nitrogens with zero attached hydrogens (tertiary/aromatic N) is 2. The molecule has 1 aromatic heterocycles. The number of carbonyl (C=O) groups excluding carboxylic acids is 1. The Morgan fingerprint density at radius 2 is 1.93 bits per heavy atom. The SMILES string of the molecule is O=C1NC(=N/N=C/c2ccc(-c3ccccc3Cl)o2)SC1Cc1ccc(F)cc1. The summed E-state index contributed by atoms with van der Waals surface area (Å²) >= 11 is 7.47. The van der Waals surface area contributed by atoms with E-state index in [1.54, 1.807) is 30.3 Å². The molecule has 2 heterocycles. The van der Waals surface area contributed by atoms with E-state index in [9.17, 15) is 9.18 Å². The van der Waals surface area contributed by atoms with Crippen molar-refractivity contribution in [1.29, 1.82) is 0 Å². The van der Waals surface area contributed by atoms with Gasteiger partial charge in [0.1, 0.15) is 17.3 Å². The molecule has 29 heavy (non-hydrogen) atoms. The third-order valence-corrected chi connectivity index (χ3v) is 5.61. The number of furan rings is 1. The average molecular weight is 428 g/mol. The Morgan fingerprint density at radius 1 is 1.14 bits per heavy atom. The molecule has 1 amide bonds. The molecule has 0 spiro atoms. The first kappa shape index (κ1) is 19.4. The van der Waals surface area contributed by atoms with Crippen LogP contribution in [0.4, 0.5) is 4.39 Å². The summed E-state index contributed by atoms with van der Waals surface area (Å²) in [5.41, 5.74) is 1.67. The van der Waals surface area contributed by atoms with Crippen molar-refractivity contribution in [2.45, 2.75) is 11.7 Å². The van der Waals surface area contributed by atoms with E-state index in [0.717, 1.165) is 11.1 Å². The van der Waals surface area contributed by atoms with Crippen molar-refractivity contribution in [3.63, 3.8) is 0 Å². The Labute approximate surface area is 175 Å². The number of amides is 1. The van der Waals surface area contributed by atoms with Gasteiger partial charge in [-0.15, -0.1) is 5.10 Å². The van der Waals surface area contributed by atoms with Crippen LogP contribution in [0.2, 0.25) is 5.02 Å². The monoisotopic (exact) mass is 427 g/mol. The lowest BCUT2D eigenvalue weighted by Gasteiger charge is -2.04. The summed E-state index contributed by atoms with van der Waals surface area (Å²) in [4.78, 5) is 12.1. The predicted octanol–water partition coefficient (Wildman–Crippen LogP) is 4.90. The average Bonchev–Trinajstić information content (AvgIpc) is 3.31. The highest BCUT2D eigenvalue weighted by Crippen LogP contribution is 2.28. The maximum Gasteiger partial charge on any atom is 0.239 e. The summed E-state index contributed by atoms with van der Waals surface area (Å²) in [6.45, 7) is 0. The fourth-order valence-electron chi connectivity index (χ4n) is 2.79. The first-order chi connectivity index (χ1) is 14.1. The molecule has 5 nitrogen and oxygen atoms in total. The number of hydrogen-bond donors (Lipinski definition) is 1. The zero-order valence-electron chi connectivity index (χ0n) is 15.0. The van der Waals surface area contributed by atoms with Crippen LogP contribution in [0.25, 0.3) is 11.3 Å². The highest BCUT2D eigenvalue weighted by atomic mass is 35.5. The van der Waals surface area contributed by atoms with Crippen molar-refractivity contribution >= 4 is 40.7 Å². The highest BCUT2D eigenvalue weighted by molar-refractivity contribution is 8.15. The van der Waals surface area contributed by atoms with Crippen LogP contribution in [0.3, 0.4) is 0 Å². The van der Waals surface area contributed by atoms with Gasteiger partial charge >= 0.3 is 0 Å². The van der Waals surface area contributed by atoms with Crippen molar-refractivity contribution < 1.29 is 13.6 Å². The fraction of sp³-hybridized carbons (Fsp3) is 0.0952. The summed E-state index contributed by atoms with van der Waals surface area (Å²) in [6.07, 6.45) is 1.95. The number of thioether (sulfide) groups is 1. The van der Waals surface area contributed by atoms with Gasteiger partial charge in [0.2, 0.25) is 5.91 Å². The summed E-state index contributed by atoms with van der Waals surface area (Å²) in [5.74, 6) is 0.700. The molecular weight excluding hydrogens is 413 g/mol. The van der Waals surface area contributed by atoms with Crippen LogP contribution in [0, 0.1) is 5.82 Å². The maximum atomic E-state index is 13.0. The van der Waals surface area contributed by atoms with E-state index in [1.807, 2.05) is 18.2 Å². The number of hydrogen-bond acceptors (Lipinski definition) is 5. The number of benzene rings is 2. The van der Waals surface area contributed by atoms with Crippen LogP contribution in [0.15, 0.2) is 75.3 Å². The largest absolute Gasteiger partial charge is 0.455 e. The second-order valence-electron chi connectivity index (χ2n) is 6.26. The third-order valence-electron chi connectivity index (χ3n) is 4.21. The quantitative estimate of drug-likeness (QED) is 0.465. The molecule has 1 aliphatic heterocycles. The van der Waals surface area contributed by atoms with E-state index < -0.39 is 0 Å². The van der Waals surface area contributed by atoms with Gasteiger partial charge in [-0.2, -0.15) is 5.10 Å². The number of nitrogens with one attached hydrogen (secondary N) is 1. The van der Waals surface area contributed by atoms with Gasteiger partial charge in [-0.25, -0.2) is 4.39 Å². The van der Waals surface area contributed by atoms with Crippen LogP contribution in [0.5, 0.6) is 0 Å². The normalized spacial score (nSPS) is 17.9. The molecule has 1 atom stereocenters. The molecule has 0 bridgehead atoms. The Morgan fingerprint density at radius 3 is 2.72 bits per heavy atom. The lowest BCUT2D eigenvalue weighted by atomic mass is 10.1. The van der Waals surface area contributed by atoms with Crippen LogP contribution in [0.1, 0.15) is 11.3 Å². The second kappa shape index (κ2) is 8.63. The molecule has 1 fully saturated rings. The van der Waals surface area contributed by atoms with Gasteiger partial charge in [-0.05, 0) is 48.4 Å². The summed E-state index contributed by atoms with van der Waals surface area (Å²) in [6, 6.07) is 17.1. The van der Waals surface area contributed by atoms with E-state index in [-0.39, 0.29) is 17.0 Å². The highest BCUT2D eigenvalue weighted by Gasteiger charge is 2.30. The van der Waals surface area contributed by atoms with Crippen molar-refractivity contribution in [2.75, 3.05) is 0 Å². The van der Waals surface area contributed by atoms with E-state index in [0.29, 0.717) is 28.1 Å². The Bertz CT molecular complexity index is 1100. The minimum absolute atomic E-state index is 0.146. The number of carbonyl (C=O) groups is 1. The van der Waals surface area contributed by atoms with E-state index in [2.05, 4.69) is 15.5 Å². The molecule has 0 radical (unpaired) electrons. The van der Waals surface area contributed by atoms with Gasteiger partial charge in [0.05, 0.1) is 16.5 Å². The van der Waals surface area contributed by atoms with Crippen molar-refractivity contribution in [3.05, 3.63) is 82.8 Å². The minimum atomic E-state index is -0.329.